The van der Waals surface area contributed by atoms with E-state index in [0.29, 0.717) is 74.5 Å². The van der Waals surface area contributed by atoms with Gasteiger partial charge in [0.2, 0.25) is 0 Å². The summed E-state index contributed by atoms with van der Waals surface area (Å²) in [7, 11) is 0. The van der Waals surface area contributed by atoms with Gasteiger partial charge < -0.3 is 60.9 Å². The van der Waals surface area contributed by atoms with E-state index in [0.717, 1.165) is 64.7 Å². The lowest BCUT2D eigenvalue weighted by Gasteiger charge is -2.52. The minimum Gasteiger partial charge on any atom is -0.508 e. The molecule has 9 aliphatic rings. The molecule has 3 aromatic carbocycles. The molecule has 6 heterocycles. The molecule has 4 aromatic rings. The topological polar surface area (TPSA) is 249 Å². The quantitative estimate of drug-likeness (QED) is 0.0854. The zero-order chi connectivity index (χ0) is 54.1. The Balaban J connectivity index is 1.05. The van der Waals surface area contributed by atoms with E-state index >= 15 is 4.79 Å². The molecule has 4 bridgehead atoms. The van der Waals surface area contributed by atoms with Crippen molar-refractivity contribution in [2.75, 3.05) is 13.2 Å². The molecule has 78 heavy (non-hydrogen) atoms. The predicted molar refractivity (Wildman–Crippen MR) is 292 cm³/mol. The second-order valence-corrected chi connectivity index (χ2v) is 24.3. The number of hydrogen-bond donors (Lipinski definition) is 10. The standard InChI is InChI=1S/C63H72N4O11/c1-30-7-11-37-20-35(34-6-4-5-32(19-34)27-68)25-63(37,75)55(30)61(74)77-50-24-46-56(73)53-49(72)23-39(28-69)76-58(53)54-51-44-17-18-65-59(64)52(44)42(14-10-33-9-12-38(71)22-45(33)47(51)29-70)41-16-15-40-36(21-48(41)62(50,3)78-57(46)54)26-66-60-43(40)13-8-31(2)67-60/h4-6,9,12,17,19,22-23,26,31,35,37,41-42,47-48,50-51,60,65-71,73,75H,7-8,10-11,13-16,18,20-21,24-25,27-29,64H2,1-3H3/t31-,35+,37-,41+,42+,47+,48+,50-,51+,60?,62+,63-/m1/s1. The van der Waals surface area contributed by atoms with Gasteiger partial charge in [-0.1, -0.05) is 42.0 Å². The highest BCUT2D eigenvalue weighted by atomic mass is 16.6. The maximum absolute atomic E-state index is 15.8. The number of rotatable bonds is 6. The Morgan fingerprint density at radius 2 is 1.82 bits per heavy atom. The largest absolute Gasteiger partial charge is 0.508 e. The van der Waals surface area contributed by atoms with Gasteiger partial charge in [-0.25, -0.2) is 4.79 Å². The number of fused-ring (bicyclic) bond motifs is 11. The summed E-state index contributed by atoms with van der Waals surface area (Å²) < 4.78 is 21.6. The summed E-state index contributed by atoms with van der Waals surface area (Å²) in [5.41, 5.74) is 14.4. The van der Waals surface area contributed by atoms with E-state index in [9.17, 15) is 35.4 Å². The number of phenolic OH excluding ortho intramolecular Hbond substituents is 2. The first kappa shape index (κ1) is 51.1. The molecule has 15 heteroatoms. The fourth-order valence-corrected chi connectivity index (χ4v) is 16.5. The van der Waals surface area contributed by atoms with Gasteiger partial charge in [0.05, 0.1) is 25.0 Å². The van der Waals surface area contributed by atoms with Crippen LogP contribution >= 0.6 is 0 Å². The first-order chi connectivity index (χ1) is 37.6. The number of dihydropyridines is 2. The predicted octanol–water partition coefficient (Wildman–Crippen LogP) is 7.26. The number of carbonyl (C=O) groups is 1. The van der Waals surface area contributed by atoms with E-state index in [1.165, 1.54) is 17.2 Å². The lowest BCUT2D eigenvalue weighted by molar-refractivity contribution is -0.172. The molecule has 2 saturated carbocycles. The Bertz CT molecular complexity index is 3410. The second kappa shape index (κ2) is 19.2. The summed E-state index contributed by atoms with van der Waals surface area (Å²) >= 11 is 0. The molecule has 3 fully saturated rings. The highest BCUT2D eigenvalue weighted by Crippen LogP contribution is 2.62. The molecule has 12 atom stereocenters. The van der Waals surface area contributed by atoms with Gasteiger partial charge in [0.1, 0.15) is 63.7 Å². The van der Waals surface area contributed by atoms with Crippen molar-refractivity contribution < 1.29 is 49.3 Å². The molecule has 4 aliphatic carbocycles. The first-order valence-electron chi connectivity index (χ1n) is 28.4. The summed E-state index contributed by atoms with van der Waals surface area (Å²) in [5, 5.41) is 80.8. The van der Waals surface area contributed by atoms with Gasteiger partial charge in [-0.15, -0.1) is 0 Å². The Hall–Kier alpha value is -6.36. The highest BCUT2D eigenvalue weighted by molar-refractivity contribution is 5.94. The maximum atomic E-state index is 15.8. The number of hydrogen-bond acceptors (Lipinski definition) is 15. The molecule has 13 rings (SSSR count). The van der Waals surface area contributed by atoms with Crippen molar-refractivity contribution in [2.45, 2.75) is 158 Å². The normalized spacial score (nSPS) is 32.9. The van der Waals surface area contributed by atoms with E-state index in [2.05, 4.69) is 35.2 Å². The van der Waals surface area contributed by atoms with Crippen LogP contribution in [0.25, 0.3) is 11.0 Å². The molecule has 11 N–H and O–H groups in total. The van der Waals surface area contributed by atoms with Crippen molar-refractivity contribution in [2.24, 2.45) is 29.4 Å². The van der Waals surface area contributed by atoms with Crippen LogP contribution in [0.15, 0.2) is 115 Å². The Labute approximate surface area is 453 Å². The number of nitrogens with one attached hydrogen (secondary N) is 3. The summed E-state index contributed by atoms with van der Waals surface area (Å²) in [4.78, 5) is 30.4. The van der Waals surface area contributed by atoms with Gasteiger partial charge in [0.15, 0.2) is 5.43 Å². The van der Waals surface area contributed by atoms with Crippen molar-refractivity contribution in [1.82, 2.24) is 16.0 Å². The molecule has 15 nitrogen and oxygen atoms in total. The number of benzene rings is 3. The van der Waals surface area contributed by atoms with Crippen LogP contribution in [-0.4, -0.2) is 79.3 Å². The van der Waals surface area contributed by atoms with Crippen molar-refractivity contribution in [3.8, 4) is 17.2 Å². The van der Waals surface area contributed by atoms with Crippen LogP contribution in [0, 0.1) is 23.7 Å². The third-order valence-corrected chi connectivity index (χ3v) is 20.2. The van der Waals surface area contributed by atoms with Gasteiger partial charge in [-0.2, -0.15) is 0 Å². The zero-order valence-electron chi connectivity index (χ0n) is 44.7. The minimum atomic E-state index is -1.51. The van der Waals surface area contributed by atoms with Crippen LogP contribution < -0.4 is 31.8 Å². The monoisotopic (exact) mass is 1060 g/mol. The number of aliphatic hydroxyl groups is 4. The number of nitrogens with two attached hydrogens (primary N) is 1. The number of piperidine rings is 1. The van der Waals surface area contributed by atoms with Crippen LogP contribution in [0.2, 0.25) is 0 Å². The number of esters is 1. The third-order valence-electron chi connectivity index (χ3n) is 20.2. The average molecular weight is 1060 g/mol. The number of phenols is 2. The maximum Gasteiger partial charge on any atom is 0.337 e. The minimum absolute atomic E-state index is 0.00951. The van der Waals surface area contributed by atoms with E-state index in [1.807, 2.05) is 44.2 Å². The molecular formula is C63H72N4O11. The van der Waals surface area contributed by atoms with Crippen molar-refractivity contribution >= 4 is 16.9 Å². The molecule has 410 valence electrons. The summed E-state index contributed by atoms with van der Waals surface area (Å²) in [5.74, 6) is -3.14. The van der Waals surface area contributed by atoms with Crippen LogP contribution in [-0.2, 0) is 35.6 Å². The van der Waals surface area contributed by atoms with E-state index < -0.39 is 65.4 Å². The third kappa shape index (κ3) is 7.91. The summed E-state index contributed by atoms with van der Waals surface area (Å²) in [6, 6.07) is 14.6. The van der Waals surface area contributed by atoms with Crippen molar-refractivity contribution in [3.05, 3.63) is 155 Å². The van der Waals surface area contributed by atoms with E-state index in [-0.39, 0.29) is 82.2 Å². The van der Waals surface area contributed by atoms with Gasteiger partial charge in [0.25, 0.3) is 0 Å². The second-order valence-electron chi connectivity index (χ2n) is 24.3. The SMILES string of the molecule is CC1=C(C(=O)O[C@@H]2Cc3c4c(c5oc(CO)cc(=O)c5c3O)[C@H]3C5=CCNC(N)=C5[C@@H](CCc5ccc(O)cc5[C@@H]3CO)[C@@H]3CCC5=C6CC[C@@H](C)NC6NC=C5C[C@@H]3[C@]2(C)O4)[C@@]2(O)C[C@@H](c3cccc(CO)c3)C[C@H]2CC1. The van der Waals surface area contributed by atoms with Gasteiger partial charge in [0, 0.05) is 60.2 Å². The average Bonchev–Trinajstić information content (AvgIpc) is 3.84. The van der Waals surface area contributed by atoms with E-state index in [1.54, 1.807) is 12.1 Å². The lowest BCUT2D eigenvalue weighted by Crippen LogP contribution is -2.59. The van der Waals surface area contributed by atoms with Gasteiger partial charge in [-0.3, -0.25) is 10.1 Å². The van der Waals surface area contributed by atoms with Crippen LogP contribution in [0.4, 0.5) is 0 Å². The van der Waals surface area contributed by atoms with Crippen molar-refractivity contribution in [3.63, 3.8) is 0 Å². The molecule has 1 saturated heterocycles. The molecule has 5 aliphatic heterocycles. The Morgan fingerprint density at radius 1 is 0.974 bits per heavy atom. The molecule has 0 amide bonds. The van der Waals surface area contributed by atoms with Gasteiger partial charge in [-0.05, 0) is 177 Å². The number of aliphatic hydroxyl groups excluding tert-OH is 3. The summed E-state index contributed by atoms with van der Waals surface area (Å²) in [6.07, 6.45) is 10.4. The van der Waals surface area contributed by atoms with Crippen LogP contribution in [0.5, 0.6) is 17.2 Å². The fourth-order valence-electron chi connectivity index (χ4n) is 16.5. The van der Waals surface area contributed by atoms with Gasteiger partial charge >= 0.3 is 5.97 Å². The first-order valence-corrected chi connectivity index (χ1v) is 28.4. The lowest BCUT2D eigenvalue weighted by atomic mass is 9.61. The molecule has 0 spiro atoms. The molecule has 1 unspecified atom stereocenters. The number of carbonyl (C=O) groups excluding carboxylic acids is 1. The number of aromatic hydroxyl groups is 2. The summed E-state index contributed by atoms with van der Waals surface area (Å²) in [6.45, 7) is 5.36. The number of aryl methyl sites for hydroxylation is 1. The molecular weight excluding hydrogens is 989 g/mol. The zero-order valence-corrected chi connectivity index (χ0v) is 44.7. The van der Waals surface area contributed by atoms with E-state index in [4.69, 9.17) is 19.6 Å². The molecule has 0 radical (unpaired) electrons. The fraction of sp³-hybridized carbons (Fsp3) is 0.492. The van der Waals surface area contributed by atoms with Crippen molar-refractivity contribution in [1.29, 1.82) is 0 Å². The van der Waals surface area contributed by atoms with Crippen LogP contribution in [0.1, 0.15) is 142 Å². The number of allylic oxidation sites excluding steroid dienone is 5. The smallest absolute Gasteiger partial charge is 0.337 e. The Kier molecular flexibility index (Phi) is 12.6. The highest BCUT2D eigenvalue weighted by Gasteiger charge is 2.60. The molecule has 1 aromatic heterocycles. The van der Waals surface area contributed by atoms with Crippen LogP contribution in [0.3, 0.4) is 0 Å². The number of ether oxygens (including phenoxy) is 2. The Morgan fingerprint density at radius 3 is 2.63 bits per heavy atom.